The van der Waals surface area contributed by atoms with Crippen molar-refractivity contribution in [2.45, 2.75) is 18.4 Å². The van der Waals surface area contributed by atoms with E-state index in [1.165, 1.54) is 0 Å². The zero-order chi connectivity index (χ0) is 8.85. The van der Waals surface area contributed by atoms with Crippen molar-refractivity contribution >= 4 is 17.6 Å². The molecule has 0 spiro atoms. The molecule has 0 heterocycles. The molecule has 0 aromatic heterocycles. The van der Waals surface area contributed by atoms with Gasteiger partial charge in [-0.15, -0.1) is 11.6 Å². The second-order valence-electron chi connectivity index (χ2n) is 2.08. The van der Waals surface area contributed by atoms with Crippen LogP contribution in [0.25, 0.3) is 0 Å². The van der Waals surface area contributed by atoms with Gasteiger partial charge in [-0.2, -0.15) is 0 Å². The molecule has 2 unspecified atom stereocenters. The number of aliphatic hydroxyl groups excluding tert-OH is 1. The average molecular weight is 179 g/mol. The van der Waals surface area contributed by atoms with E-state index in [4.69, 9.17) is 16.7 Å². The molecule has 0 rings (SSSR count). The van der Waals surface area contributed by atoms with Crippen LogP contribution in [0.1, 0.15) is 6.92 Å². The minimum atomic E-state index is -0.819. The summed E-state index contributed by atoms with van der Waals surface area (Å²) in [5.74, 6) is -0.554. The summed E-state index contributed by atoms with van der Waals surface area (Å²) in [5, 5.41) is 8.60. The largest absolute Gasteiger partial charge is 0.460 e. The van der Waals surface area contributed by atoms with Crippen LogP contribution in [0, 0.1) is 0 Å². The lowest BCUT2D eigenvalue weighted by molar-refractivity contribution is -0.140. The number of hydrogen-bond donors (Lipinski definition) is 1. The Kier molecular flexibility index (Phi) is 4.90. The molecule has 4 heteroatoms. The number of halogens is 1. The van der Waals surface area contributed by atoms with Gasteiger partial charge in [0.15, 0.2) is 0 Å². The zero-order valence-corrected chi connectivity index (χ0v) is 7.04. The van der Waals surface area contributed by atoms with Crippen molar-refractivity contribution in [3.63, 3.8) is 0 Å². The van der Waals surface area contributed by atoms with Gasteiger partial charge in [0.25, 0.3) is 0 Å². The van der Waals surface area contributed by atoms with E-state index >= 15 is 0 Å². The summed E-state index contributed by atoms with van der Waals surface area (Å²) in [4.78, 5) is 10.4. The summed E-state index contributed by atoms with van der Waals surface area (Å²) in [6, 6.07) is 0. The number of aliphatic hydroxyl groups is 1. The summed E-state index contributed by atoms with van der Waals surface area (Å²) in [6.07, 6.45) is 0.214. The zero-order valence-electron chi connectivity index (χ0n) is 6.29. The monoisotopic (exact) mass is 178 g/mol. The fourth-order valence-corrected chi connectivity index (χ4v) is 0.432. The van der Waals surface area contributed by atoms with E-state index in [0.29, 0.717) is 0 Å². The molecule has 0 saturated carbocycles. The molecule has 0 fully saturated rings. The van der Waals surface area contributed by atoms with Gasteiger partial charge in [0.1, 0.15) is 12.7 Å². The summed E-state index contributed by atoms with van der Waals surface area (Å²) < 4.78 is 4.52. The Labute approximate surface area is 70.6 Å². The summed E-state index contributed by atoms with van der Waals surface area (Å²) in [6.45, 7) is 4.73. The molecule has 0 radical (unpaired) electrons. The molecule has 0 aromatic rings. The van der Waals surface area contributed by atoms with E-state index in [9.17, 15) is 4.79 Å². The van der Waals surface area contributed by atoms with Crippen LogP contribution in [0.5, 0.6) is 0 Å². The van der Waals surface area contributed by atoms with Crippen molar-refractivity contribution < 1.29 is 14.6 Å². The standard InChI is InChI=1S/C7H11ClO3/c1-3-7(10)11-4-6(9)5(2)8/h3,5-6,9H,1,4H2,2H3. The van der Waals surface area contributed by atoms with E-state index in [-0.39, 0.29) is 6.61 Å². The van der Waals surface area contributed by atoms with E-state index in [0.717, 1.165) is 6.08 Å². The van der Waals surface area contributed by atoms with Crippen LogP contribution in [0.15, 0.2) is 12.7 Å². The van der Waals surface area contributed by atoms with Crippen LogP contribution in [0.2, 0.25) is 0 Å². The minimum Gasteiger partial charge on any atom is -0.460 e. The predicted octanol–water partition coefficient (Wildman–Crippen LogP) is 0.704. The van der Waals surface area contributed by atoms with Crippen LogP contribution >= 0.6 is 11.6 Å². The van der Waals surface area contributed by atoms with E-state index in [2.05, 4.69) is 11.3 Å². The number of rotatable bonds is 4. The Morgan fingerprint density at radius 2 is 2.45 bits per heavy atom. The number of carbonyl (C=O) groups excluding carboxylic acids is 1. The lowest BCUT2D eigenvalue weighted by Gasteiger charge is -2.11. The maximum atomic E-state index is 10.4. The lowest BCUT2D eigenvalue weighted by atomic mass is 10.3. The fraction of sp³-hybridized carbons (Fsp3) is 0.571. The average Bonchev–Trinajstić information content (AvgIpc) is 1.99. The molecule has 64 valence electrons. The quantitative estimate of drug-likeness (QED) is 0.392. The lowest BCUT2D eigenvalue weighted by Crippen LogP contribution is -2.25. The van der Waals surface area contributed by atoms with Gasteiger partial charge in [0.05, 0.1) is 5.38 Å². The highest BCUT2D eigenvalue weighted by Gasteiger charge is 2.12. The summed E-state index contributed by atoms with van der Waals surface area (Å²) in [5.41, 5.74) is 0. The van der Waals surface area contributed by atoms with E-state index in [1.54, 1.807) is 6.92 Å². The maximum absolute atomic E-state index is 10.4. The first-order valence-electron chi connectivity index (χ1n) is 3.19. The first kappa shape index (κ1) is 10.5. The minimum absolute atomic E-state index is 0.0878. The maximum Gasteiger partial charge on any atom is 0.330 e. The summed E-state index contributed by atoms with van der Waals surface area (Å²) in [7, 11) is 0. The Morgan fingerprint density at radius 3 is 2.82 bits per heavy atom. The van der Waals surface area contributed by atoms with Gasteiger partial charge < -0.3 is 9.84 Å². The Morgan fingerprint density at radius 1 is 1.91 bits per heavy atom. The van der Waals surface area contributed by atoms with Crippen molar-refractivity contribution in [2.24, 2.45) is 0 Å². The molecule has 0 aliphatic carbocycles. The molecule has 2 atom stereocenters. The SMILES string of the molecule is C=CC(=O)OCC(O)C(C)Cl. The molecule has 0 bridgehead atoms. The van der Waals surface area contributed by atoms with Gasteiger partial charge in [-0.25, -0.2) is 4.79 Å². The molecule has 0 aromatic carbocycles. The number of hydrogen-bond acceptors (Lipinski definition) is 3. The van der Waals surface area contributed by atoms with Crippen LogP contribution in [0.4, 0.5) is 0 Å². The van der Waals surface area contributed by atoms with Gasteiger partial charge in [-0.1, -0.05) is 6.58 Å². The third-order valence-electron chi connectivity index (χ3n) is 1.09. The Bertz CT molecular complexity index is 145. The third kappa shape index (κ3) is 4.81. The number of carbonyl (C=O) groups is 1. The van der Waals surface area contributed by atoms with Crippen molar-refractivity contribution in [3.8, 4) is 0 Å². The van der Waals surface area contributed by atoms with Crippen LogP contribution in [-0.4, -0.2) is 29.2 Å². The van der Waals surface area contributed by atoms with Crippen molar-refractivity contribution in [1.29, 1.82) is 0 Å². The number of esters is 1. The molecule has 0 amide bonds. The van der Waals surface area contributed by atoms with Gasteiger partial charge in [-0.3, -0.25) is 0 Å². The molecule has 0 aliphatic rings. The first-order valence-corrected chi connectivity index (χ1v) is 3.63. The van der Waals surface area contributed by atoms with Gasteiger partial charge in [0.2, 0.25) is 0 Å². The Hall–Kier alpha value is -0.540. The second-order valence-corrected chi connectivity index (χ2v) is 2.77. The molecular formula is C7H11ClO3. The smallest absolute Gasteiger partial charge is 0.330 e. The highest BCUT2D eigenvalue weighted by molar-refractivity contribution is 6.20. The molecule has 3 nitrogen and oxygen atoms in total. The summed E-state index contributed by atoms with van der Waals surface area (Å²) >= 11 is 5.49. The number of ether oxygens (including phenoxy) is 1. The molecule has 0 aliphatic heterocycles. The predicted molar refractivity (Wildman–Crippen MR) is 42.5 cm³/mol. The molecule has 11 heavy (non-hydrogen) atoms. The highest BCUT2D eigenvalue weighted by Crippen LogP contribution is 2.01. The van der Waals surface area contributed by atoms with E-state index < -0.39 is 17.5 Å². The second kappa shape index (κ2) is 5.16. The fourth-order valence-electron chi connectivity index (χ4n) is 0.359. The third-order valence-corrected chi connectivity index (χ3v) is 1.38. The molecule has 1 N–H and O–H groups in total. The highest BCUT2D eigenvalue weighted by atomic mass is 35.5. The van der Waals surface area contributed by atoms with Gasteiger partial charge in [0, 0.05) is 6.08 Å². The normalized spacial score (nSPS) is 15.2. The first-order chi connectivity index (χ1) is 5.07. The van der Waals surface area contributed by atoms with E-state index in [1.807, 2.05) is 0 Å². The number of alkyl halides is 1. The van der Waals surface area contributed by atoms with Gasteiger partial charge >= 0.3 is 5.97 Å². The Balaban J connectivity index is 3.53. The topological polar surface area (TPSA) is 46.5 Å². The van der Waals surface area contributed by atoms with Crippen LogP contribution in [0.3, 0.4) is 0 Å². The van der Waals surface area contributed by atoms with Crippen LogP contribution < -0.4 is 0 Å². The van der Waals surface area contributed by atoms with Gasteiger partial charge in [-0.05, 0) is 6.92 Å². The van der Waals surface area contributed by atoms with Crippen molar-refractivity contribution in [1.82, 2.24) is 0 Å². The molecular weight excluding hydrogens is 168 g/mol. The molecule has 0 saturated heterocycles. The van der Waals surface area contributed by atoms with Crippen molar-refractivity contribution in [3.05, 3.63) is 12.7 Å². The van der Waals surface area contributed by atoms with Crippen molar-refractivity contribution in [2.75, 3.05) is 6.61 Å². The van der Waals surface area contributed by atoms with Crippen LogP contribution in [-0.2, 0) is 9.53 Å².